The van der Waals surface area contributed by atoms with E-state index in [1.807, 2.05) is 0 Å². The summed E-state index contributed by atoms with van der Waals surface area (Å²) in [5.74, 6) is -0.275. The lowest BCUT2D eigenvalue weighted by Crippen LogP contribution is -2.46. The minimum Gasteiger partial charge on any atom is -0.394 e. The molecule has 0 fully saturated rings. The lowest BCUT2D eigenvalue weighted by molar-refractivity contribution is -0.125. The normalized spacial score (nSPS) is 13.2. The summed E-state index contributed by atoms with van der Waals surface area (Å²) >= 11 is 0. The van der Waals surface area contributed by atoms with E-state index in [0.29, 0.717) is 12.8 Å². The third-order valence-corrected chi connectivity index (χ3v) is 13.7. The van der Waals surface area contributed by atoms with E-state index in [1.165, 1.54) is 270 Å². The number of nitrogens with one attached hydrogen (secondary N) is 1. The van der Waals surface area contributed by atoms with Crippen LogP contribution in [0.15, 0.2) is 0 Å². The Hall–Kier alpha value is -0.650. The van der Waals surface area contributed by atoms with Gasteiger partial charge in [-0.05, 0) is 12.8 Å². The molecule has 5 nitrogen and oxygen atoms in total. The van der Waals surface area contributed by atoms with Crippen molar-refractivity contribution in [2.75, 3.05) is 6.61 Å². The van der Waals surface area contributed by atoms with Crippen LogP contribution in [0, 0.1) is 0 Å². The fourth-order valence-corrected chi connectivity index (χ4v) is 9.35. The Kier molecular flexibility index (Phi) is 51.4. The van der Waals surface area contributed by atoms with Crippen molar-refractivity contribution in [3.05, 3.63) is 0 Å². The van der Waals surface area contributed by atoms with Gasteiger partial charge in [-0.1, -0.05) is 309 Å². The van der Waals surface area contributed by atoms with Gasteiger partial charge in [-0.3, -0.25) is 4.79 Å². The zero-order chi connectivity index (χ0) is 44.4. The van der Waals surface area contributed by atoms with Gasteiger partial charge in [-0.2, -0.15) is 0 Å². The molecule has 366 valence electrons. The Morgan fingerprint density at radius 1 is 0.344 bits per heavy atom. The summed E-state index contributed by atoms with van der Waals surface area (Å²) < 4.78 is 0. The molecule has 0 saturated carbocycles. The van der Waals surface area contributed by atoms with Crippen molar-refractivity contribution in [3.63, 3.8) is 0 Å². The van der Waals surface area contributed by atoms with Gasteiger partial charge >= 0.3 is 0 Å². The van der Waals surface area contributed by atoms with Crippen LogP contribution >= 0.6 is 0 Å². The molecule has 0 bridgehead atoms. The Labute approximate surface area is 383 Å². The molecule has 0 aromatic carbocycles. The second kappa shape index (κ2) is 52.0. The molecular formula is C56H113NO4. The monoisotopic (exact) mass is 864 g/mol. The summed E-state index contributed by atoms with van der Waals surface area (Å²) in [6.07, 6.45) is 62.7. The molecule has 0 rings (SSSR count). The first-order valence-electron chi connectivity index (χ1n) is 28.3. The number of carbonyl (C=O) groups excluding carboxylic acids is 1. The van der Waals surface area contributed by atoms with E-state index in [4.69, 9.17) is 0 Å². The maximum absolute atomic E-state index is 12.5. The molecule has 5 heteroatoms. The Bertz CT molecular complexity index is 822. The SMILES string of the molecule is CCCCCCCCCCCCCCCCCCCCCCCCCCCCCCCCCC(O)CC(=O)NC(CO)C(O)CCCCCCCCCCCCCCCCC. The van der Waals surface area contributed by atoms with Gasteiger partial charge in [0.15, 0.2) is 0 Å². The maximum Gasteiger partial charge on any atom is 0.222 e. The van der Waals surface area contributed by atoms with E-state index >= 15 is 0 Å². The first kappa shape index (κ1) is 60.4. The molecule has 0 radical (unpaired) electrons. The summed E-state index contributed by atoms with van der Waals surface area (Å²) in [7, 11) is 0. The molecule has 0 aliphatic rings. The highest BCUT2D eigenvalue weighted by atomic mass is 16.3. The first-order chi connectivity index (χ1) is 30.0. The topological polar surface area (TPSA) is 89.8 Å². The molecule has 0 spiro atoms. The predicted molar refractivity (Wildman–Crippen MR) is 269 cm³/mol. The summed E-state index contributed by atoms with van der Waals surface area (Å²) in [6.45, 7) is 4.30. The van der Waals surface area contributed by atoms with Crippen molar-refractivity contribution in [2.24, 2.45) is 0 Å². The van der Waals surface area contributed by atoms with Gasteiger partial charge in [0.2, 0.25) is 5.91 Å². The summed E-state index contributed by atoms with van der Waals surface area (Å²) in [4.78, 5) is 12.5. The molecule has 0 aliphatic heterocycles. The number of carbonyl (C=O) groups is 1. The van der Waals surface area contributed by atoms with Gasteiger partial charge < -0.3 is 20.6 Å². The smallest absolute Gasteiger partial charge is 0.222 e. The third-order valence-electron chi connectivity index (χ3n) is 13.7. The number of unbranched alkanes of at least 4 members (excludes halogenated alkanes) is 44. The van der Waals surface area contributed by atoms with Crippen LogP contribution in [-0.2, 0) is 4.79 Å². The van der Waals surface area contributed by atoms with Crippen molar-refractivity contribution in [1.29, 1.82) is 0 Å². The Morgan fingerprint density at radius 2 is 0.557 bits per heavy atom. The minimum absolute atomic E-state index is 0.0434. The van der Waals surface area contributed by atoms with Crippen molar-refractivity contribution < 1.29 is 20.1 Å². The fourth-order valence-electron chi connectivity index (χ4n) is 9.35. The van der Waals surface area contributed by atoms with Crippen LogP contribution in [0.1, 0.15) is 328 Å². The van der Waals surface area contributed by atoms with Crippen molar-refractivity contribution in [2.45, 2.75) is 347 Å². The maximum atomic E-state index is 12.5. The highest BCUT2D eigenvalue weighted by Crippen LogP contribution is 2.19. The zero-order valence-corrected chi connectivity index (χ0v) is 41.8. The van der Waals surface area contributed by atoms with E-state index in [0.717, 1.165) is 25.7 Å². The van der Waals surface area contributed by atoms with Gasteiger partial charge in [-0.25, -0.2) is 0 Å². The van der Waals surface area contributed by atoms with E-state index in [2.05, 4.69) is 19.2 Å². The van der Waals surface area contributed by atoms with Gasteiger partial charge in [0.1, 0.15) is 0 Å². The highest BCUT2D eigenvalue weighted by Gasteiger charge is 2.21. The van der Waals surface area contributed by atoms with Crippen LogP contribution in [0.4, 0.5) is 0 Å². The molecule has 4 N–H and O–H groups in total. The summed E-state index contributed by atoms with van der Waals surface area (Å²) in [5.41, 5.74) is 0. The van der Waals surface area contributed by atoms with Crippen LogP contribution in [-0.4, -0.2) is 46.1 Å². The fraction of sp³-hybridized carbons (Fsp3) is 0.982. The number of rotatable bonds is 53. The van der Waals surface area contributed by atoms with Crippen LogP contribution < -0.4 is 5.32 Å². The molecule has 1 amide bonds. The van der Waals surface area contributed by atoms with E-state index in [1.54, 1.807) is 0 Å². The number of amides is 1. The standard InChI is InChI=1S/C56H113NO4/c1-3-5-7-9-11-13-15-17-19-20-21-22-23-24-25-26-27-28-29-30-31-32-33-34-36-37-39-41-43-45-47-49-53(59)51-56(61)57-54(52-58)55(60)50-48-46-44-42-40-38-35-18-16-14-12-10-8-6-4-2/h53-55,58-60H,3-52H2,1-2H3,(H,57,61). The van der Waals surface area contributed by atoms with Gasteiger partial charge in [0.05, 0.1) is 31.3 Å². The van der Waals surface area contributed by atoms with E-state index in [9.17, 15) is 20.1 Å². The highest BCUT2D eigenvalue weighted by molar-refractivity contribution is 5.76. The Balaban J connectivity index is 3.44. The molecule has 0 aromatic heterocycles. The van der Waals surface area contributed by atoms with Gasteiger partial charge in [0, 0.05) is 0 Å². The average molecular weight is 865 g/mol. The van der Waals surface area contributed by atoms with Crippen LogP contribution in [0.2, 0.25) is 0 Å². The van der Waals surface area contributed by atoms with Gasteiger partial charge in [0.25, 0.3) is 0 Å². The van der Waals surface area contributed by atoms with Crippen molar-refractivity contribution in [1.82, 2.24) is 5.32 Å². The third kappa shape index (κ3) is 48.6. The van der Waals surface area contributed by atoms with Crippen LogP contribution in [0.3, 0.4) is 0 Å². The molecule has 0 aliphatic carbocycles. The lowest BCUT2D eigenvalue weighted by atomic mass is 10.0. The van der Waals surface area contributed by atoms with Crippen LogP contribution in [0.25, 0.3) is 0 Å². The quantitative estimate of drug-likeness (QED) is 0.0459. The summed E-state index contributed by atoms with van der Waals surface area (Å²) in [5, 5.41) is 33.6. The largest absolute Gasteiger partial charge is 0.394 e. The molecule has 61 heavy (non-hydrogen) atoms. The lowest BCUT2D eigenvalue weighted by Gasteiger charge is -2.23. The molecule has 3 atom stereocenters. The molecule has 0 aromatic rings. The first-order valence-corrected chi connectivity index (χ1v) is 28.3. The van der Waals surface area contributed by atoms with Crippen molar-refractivity contribution >= 4 is 5.91 Å². The van der Waals surface area contributed by atoms with Gasteiger partial charge in [-0.15, -0.1) is 0 Å². The number of hydrogen-bond acceptors (Lipinski definition) is 4. The number of aliphatic hydroxyl groups is 3. The minimum atomic E-state index is -0.744. The zero-order valence-electron chi connectivity index (χ0n) is 41.8. The second-order valence-corrected chi connectivity index (χ2v) is 19.9. The molecular weight excluding hydrogens is 751 g/mol. The Morgan fingerprint density at radius 3 is 0.787 bits per heavy atom. The summed E-state index contributed by atoms with van der Waals surface area (Å²) in [6, 6.07) is -0.653. The van der Waals surface area contributed by atoms with Crippen LogP contribution in [0.5, 0.6) is 0 Å². The number of aliphatic hydroxyl groups excluding tert-OH is 3. The molecule has 0 heterocycles. The average Bonchev–Trinajstić information content (AvgIpc) is 3.25. The number of hydrogen-bond donors (Lipinski definition) is 4. The van der Waals surface area contributed by atoms with E-state index in [-0.39, 0.29) is 18.9 Å². The van der Waals surface area contributed by atoms with Crippen molar-refractivity contribution in [3.8, 4) is 0 Å². The molecule has 3 unspecified atom stereocenters. The molecule has 0 saturated heterocycles. The predicted octanol–water partition coefficient (Wildman–Crippen LogP) is 17.3. The second-order valence-electron chi connectivity index (χ2n) is 19.9. The van der Waals surface area contributed by atoms with E-state index < -0.39 is 18.2 Å².